The normalized spacial score (nSPS) is 16.0. The van der Waals surface area contributed by atoms with Gasteiger partial charge in [0.15, 0.2) is 5.84 Å². The molecule has 5 N–H and O–H groups in total. The van der Waals surface area contributed by atoms with Gasteiger partial charge >= 0.3 is 0 Å². The van der Waals surface area contributed by atoms with Crippen molar-refractivity contribution in [3.63, 3.8) is 0 Å². The van der Waals surface area contributed by atoms with Crippen LogP contribution in [0.2, 0.25) is 0 Å². The van der Waals surface area contributed by atoms with E-state index in [1.165, 1.54) is 5.01 Å². The summed E-state index contributed by atoms with van der Waals surface area (Å²) in [5.74, 6) is 12.0. The molecule has 1 aliphatic carbocycles. The zero-order valence-electron chi connectivity index (χ0n) is 20.6. The van der Waals surface area contributed by atoms with Crippen molar-refractivity contribution in [1.29, 1.82) is 0 Å². The Kier molecular flexibility index (Phi) is 6.55. The van der Waals surface area contributed by atoms with Gasteiger partial charge in [0.2, 0.25) is 0 Å². The van der Waals surface area contributed by atoms with E-state index in [4.69, 9.17) is 11.7 Å². The lowest BCUT2D eigenvalue weighted by molar-refractivity contribution is 0.102. The van der Waals surface area contributed by atoms with E-state index in [-0.39, 0.29) is 11.9 Å². The van der Waals surface area contributed by atoms with Gasteiger partial charge in [-0.3, -0.25) is 14.5 Å². The van der Waals surface area contributed by atoms with Crippen molar-refractivity contribution in [2.24, 2.45) is 16.8 Å². The number of hydrogen-bond acceptors (Lipinski definition) is 8. The van der Waals surface area contributed by atoms with Crippen LogP contribution in [-0.2, 0) is 0 Å². The van der Waals surface area contributed by atoms with Gasteiger partial charge < -0.3 is 16.1 Å². The predicted octanol–water partition coefficient (Wildman–Crippen LogP) is 2.73. The number of hydrogen-bond donors (Lipinski definition) is 3. The molecule has 11 heteroatoms. The smallest absolute Gasteiger partial charge is 0.275 e. The van der Waals surface area contributed by atoms with E-state index >= 15 is 0 Å². The van der Waals surface area contributed by atoms with Crippen LogP contribution in [0.15, 0.2) is 48.0 Å². The van der Waals surface area contributed by atoms with Gasteiger partial charge in [0.25, 0.3) is 5.91 Å². The molecule has 3 aromatic rings. The van der Waals surface area contributed by atoms with Gasteiger partial charge in [-0.2, -0.15) is 10.2 Å². The number of carbonyl (C=O) groups is 1. The van der Waals surface area contributed by atoms with E-state index in [0.29, 0.717) is 29.1 Å². The molecule has 11 nitrogen and oxygen atoms in total. The number of nitrogens with two attached hydrogens (primary N) is 2. The van der Waals surface area contributed by atoms with Crippen LogP contribution in [-0.4, -0.2) is 55.6 Å². The summed E-state index contributed by atoms with van der Waals surface area (Å²) in [7, 11) is 0. The molecule has 36 heavy (non-hydrogen) atoms. The molecule has 0 spiro atoms. The first kappa shape index (κ1) is 23.7. The van der Waals surface area contributed by atoms with E-state index in [0.717, 1.165) is 55.6 Å². The lowest BCUT2D eigenvalue weighted by atomic mass is 10.1. The molecule has 1 amide bonds. The molecule has 0 bridgehead atoms. The van der Waals surface area contributed by atoms with Crippen LogP contribution in [0, 0.1) is 0 Å². The molecule has 0 atom stereocenters. The number of hydrazine groups is 1. The fourth-order valence-electron chi connectivity index (χ4n) is 4.35. The number of amidine groups is 1. The second-order valence-electron chi connectivity index (χ2n) is 9.54. The number of rotatable bonds is 7. The number of nitrogens with one attached hydrogen (secondary N) is 1. The zero-order valence-corrected chi connectivity index (χ0v) is 20.6. The van der Waals surface area contributed by atoms with E-state index in [2.05, 4.69) is 36.6 Å². The fourth-order valence-corrected chi connectivity index (χ4v) is 4.35. The Bertz CT molecular complexity index is 1270. The van der Waals surface area contributed by atoms with Gasteiger partial charge in [-0.1, -0.05) is 6.07 Å². The van der Waals surface area contributed by atoms with Crippen LogP contribution < -0.4 is 21.9 Å². The van der Waals surface area contributed by atoms with Crippen LogP contribution in [0.25, 0.3) is 11.1 Å². The van der Waals surface area contributed by atoms with Crippen LogP contribution in [0.4, 0.5) is 11.5 Å². The average Bonchev–Trinajstić information content (AvgIpc) is 3.37. The maximum Gasteiger partial charge on any atom is 0.275 e. The number of nitrogens with zero attached hydrogens (tertiary/aromatic N) is 7. The monoisotopic (exact) mass is 488 g/mol. The van der Waals surface area contributed by atoms with Crippen molar-refractivity contribution in [1.82, 2.24) is 24.8 Å². The third-order valence-electron chi connectivity index (χ3n) is 6.54. The minimum atomic E-state index is -0.358. The van der Waals surface area contributed by atoms with Crippen molar-refractivity contribution in [2.75, 3.05) is 23.3 Å². The second kappa shape index (κ2) is 9.94. The van der Waals surface area contributed by atoms with E-state index in [9.17, 15) is 4.79 Å². The van der Waals surface area contributed by atoms with Crippen molar-refractivity contribution in [3.05, 3.63) is 54.2 Å². The van der Waals surface area contributed by atoms with Gasteiger partial charge in [-0.25, -0.2) is 15.8 Å². The van der Waals surface area contributed by atoms with Crippen molar-refractivity contribution >= 4 is 23.2 Å². The van der Waals surface area contributed by atoms with E-state index in [1.807, 2.05) is 30.8 Å². The Balaban J connectivity index is 1.42. The molecule has 2 aliphatic rings. The molecule has 5 rings (SSSR count). The summed E-state index contributed by atoms with van der Waals surface area (Å²) in [6.45, 7) is 5.79. The van der Waals surface area contributed by atoms with Crippen molar-refractivity contribution in [3.8, 4) is 11.1 Å². The van der Waals surface area contributed by atoms with E-state index in [1.54, 1.807) is 24.4 Å². The van der Waals surface area contributed by atoms with Gasteiger partial charge in [-0.15, -0.1) is 0 Å². The van der Waals surface area contributed by atoms with Crippen LogP contribution in [0.1, 0.15) is 61.8 Å². The first-order chi connectivity index (χ1) is 17.4. The minimum Gasteiger partial charge on any atom is -0.370 e. The highest BCUT2D eigenvalue weighted by Gasteiger charge is 2.26. The molecule has 2 fully saturated rings. The SMILES string of the molecule is CC(C)N(N)/C(=N\N)c1cccc(NC(=O)c2cc(-c3cnn(C4CC4)c3)c(N3CCCC3)cn2)n1. The second-order valence-corrected chi connectivity index (χ2v) is 9.54. The van der Waals surface area contributed by atoms with Crippen molar-refractivity contribution in [2.45, 2.75) is 51.6 Å². The predicted molar refractivity (Wildman–Crippen MR) is 139 cm³/mol. The summed E-state index contributed by atoms with van der Waals surface area (Å²) in [5, 5.41) is 12.6. The molecule has 1 saturated heterocycles. The zero-order chi connectivity index (χ0) is 25.2. The lowest BCUT2D eigenvalue weighted by Crippen LogP contribution is -2.44. The number of pyridine rings is 2. The molecule has 1 aliphatic heterocycles. The Labute approximate surface area is 210 Å². The highest BCUT2D eigenvalue weighted by atomic mass is 16.1. The summed E-state index contributed by atoms with van der Waals surface area (Å²) in [4.78, 5) is 24.5. The molecule has 0 aromatic carbocycles. The van der Waals surface area contributed by atoms with Crippen LogP contribution in [0.3, 0.4) is 0 Å². The molecule has 3 aromatic heterocycles. The Morgan fingerprint density at radius 2 is 1.97 bits per heavy atom. The van der Waals surface area contributed by atoms with E-state index < -0.39 is 0 Å². The standard InChI is InChI=1S/C25H32N10O/c1-16(2)35(27)24(32-26)20-6-5-7-23(30-20)31-25(36)21-12-19(17-13-29-34(15-17)18-8-9-18)22(14-28-21)33-10-3-4-11-33/h5-7,12-16,18H,3-4,8-11,26-27H2,1-2H3,(H,30,31,36)/b32-24-. The number of aromatic nitrogens is 4. The quantitative estimate of drug-likeness (QED) is 0.199. The Hall–Kier alpha value is -3.99. The lowest BCUT2D eigenvalue weighted by Gasteiger charge is -2.23. The largest absolute Gasteiger partial charge is 0.370 e. The molecule has 0 radical (unpaired) electrons. The van der Waals surface area contributed by atoms with Crippen molar-refractivity contribution < 1.29 is 4.79 Å². The summed E-state index contributed by atoms with van der Waals surface area (Å²) >= 11 is 0. The third kappa shape index (κ3) is 4.87. The molecular weight excluding hydrogens is 456 g/mol. The topological polar surface area (TPSA) is 144 Å². The molecule has 0 unspecified atom stereocenters. The number of hydrazone groups is 1. The summed E-state index contributed by atoms with van der Waals surface area (Å²) < 4.78 is 2.02. The summed E-state index contributed by atoms with van der Waals surface area (Å²) in [5.41, 5.74) is 3.73. The molecule has 4 heterocycles. The highest BCUT2D eigenvalue weighted by Crippen LogP contribution is 2.37. The first-order valence-electron chi connectivity index (χ1n) is 12.3. The maximum absolute atomic E-state index is 13.2. The van der Waals surface area contributed by atoms with Gasteiger partial charge in [0.05, 0.1) is 24.1 Å². The third-order valence-corrected chi connectivity index (χ3v) is 6.54. The van der Waals surface area contributed by atoms with Gasteiger partial charge in [0, 0.05) is 36.5 Å². The molecule has 188 valence electrons. The summed E-state index contributed by atoms with van der Waals surface area (Å²) in [6, 6.07) is 7.49. The molecule has 1 saturated carbocycles. The molecular formula is C25H32N10O. The number of carbonyl (C=O) groups excluding carboxylic acids is 1. The van der Waals surface area contributed by atoms with Gasteiger partial charge in [-0.05, 0) is 57.7 Å². The van der Waals surface area contributed by atoms with Gasteiger partial charge in [0.1, 0.15) is 17.2 Å². The number of anilines is 2. The Morgan fingerprint density at radius 1 is 1.19 bits per heavy atom. The van der Waals surface area contributed by atoms with Crippen LogP contribution >= 0.6 is 0 Å². The summed E-state index contributed by atoms with van der Waals surface area (Å²) in [6.07, 6.45) is 10.4. The minimum absolute atomic E-state index is 0.0339. The maximum atomic E-state index is 13.2. The number of amides is 1. The Morgan fingerprint density at radius 3 is 2.67 bits per heavy atom. The first-order valence-corrected chi connectivity index (χ1v) is 12.3. The average molecular weight is 489 g/mol. The van der Waals surface area contributed by atoms with Crippen LogP contribution in [0.5, 0.6) is 0 Å². The highest BCUT2D eigenvalue weighted by molar-refractivity contribution is 6.04. The fraction of sp³-hybridized carbons (Fsp3) is 0.400.